The maximum Gasteiger partial charge on any atom is 0.460 e. The van der Waals surface area contributed by atoms with Crippen molar-refractivity contribution in [2.45, 2.75) is 6.42 Å². The van der Waals surface area contributed by atoms with Crippen molar-refractivity contribution in [1.29, 1.82) is 0 Å². The molecule has 0 aliphatic heterocycles. The Morgan fingerprint density at radius 3 is 2.21 bits per heavy atom. The van der Waals surface area contributed by atoms with E-state index in [-0.39, 0.29) is 22.9 Å². The van der Waals surface area contributed by atoms with Crippen LogP contribution in [0.15, 0.2) is 48.5 Å². The summed E-state index contributed by atoms with van der Waals surface area (Å²) in [5.41, 5.74) is 1.37. The van der Waals surface area contributed by atoms with E-state index in [0.29, 0.717) is 45.0 Å². The lowest BCUT2D eigenvalue weighted by Gasteiger charge is -2.10. The number of hydrogen-bond acceptors (Lipinski definition) is 8. The van der Waals surface area contributed by atoms with Gasteiger partial charge in [0, 0.05) is 23.5 Å². The zero-order valence-electron chi connectivity index (χ0n) is 14.6. The molecule has 142 valence electrons. The minimum atomic E-state index is -0.0759. The van der Waals surface area contributed by atoms with Gasteiger partial charge in [0.2, 0.25) is 5.10 Å². The van der Waals surface area contributed by atoms with Crippen LogP contribution < -0.4 is 25.1 Å². The minimum absolute atomic E-state index is 0.0759. The molecule has 0 atom stereocenters. The summed E-state index contributed by atoms with van der Waals surface area (Å²) in [5.74, 6) is 0.141. The fourth-order valence-electron chi connectivity index (χ4n) is 2.76. The molecule has 2 aromatic heterocycles. The topological polar surface area (TPSA) is 144 Å². The van der Waals surface area contributed by atoms with Crippen LogP contribution in [0, 0.1) is 15.6 Å². The summed E-state index contributed by atoms with van der Waals surface area (Å²) in [6, 6.07) is 13.3. The normalized spacial score (nSPS) is 11.0. The van der Waals surface area contributed by atoms with Gasteiger partial charge in [-0.05, 0) is 23.4 Å². The van der Waals surface area contributed by atoms with E-state index in [1.54, 1.807) is 42.5 Å². The Balaban J connectivity index is 1.37. The Hall–Kier alpha value is -4.02. The van der Waals surface area contributed by atoms with Gasteiger partial charge in [0.05, 0.1) is 11.6 Å². The van der Waals surface area contributed by atoms with Crippen LogP contribution in [-0.4, -0.2) is 28.3 Å². The second kappa shape index (κ2) is 7.31. The zero-order chi connectivity index (χ0) is 19.5. The van der Waals surface area contributed by atoms with Crippen LogP contribution >= 0.6 is 0 Å². The number of hydrogen-bond donors (Lipinski definition) is 2. The van der Waals surface area contributed by atoms with Crippen molar-refractivity contribution < 1.29 is 14.4 Å². The van der Waals surface area contributed by atoms with E-state index in [9.17, 15) is 15.6 Å². The van der Waals surface area contributed by atoms with E-state index in [1.807, 2.05) is 0 Å². The lowest BCUT2D eigenvalue weighted by molar-refractivity contribution is -0.672. The Morgan fingerprint density at radius 1 is 0.750 bits per heavy atom. The fraction of sp³-hybridized carbons (Fsp3) is 0.176. The summed E-state index contributed by atoms with van der Waals surface area (Å²) in [6.07, 6.45) is 0.572. The predicted molar refractivity (Wildman–Crippen MR) is 99.8 cm³/mol. The highest BCUT2D eigenvalue weighted by molar-refractivity contribution is 5.71. The molecule has 0 fully saturated rings. The molecule has 0 aliphatic rings. The molecule has 2 aromatic carbocycles. The van der Waals surface area contributed by atoms with Crippen molar-refractivity contribution >= 4 is 34.0 Å². The molecule has 0 amide bonds. The summed E-state index contributed by atoms with van der Waals surface area (Å²) in [6.45, 7) is 0.834. The lowest BCUT2D eigenvalue weighted by Crippen LogP contribution is -2.44. The van der Waals surface area contributed by atoms with Gasteiger partial charge < -0.3 is 20.9 Å². The third kappa shape index (κ3) is 3.32. The first-order valence-corrected chi connectivity index (χ1v) is 8.60. The quantitative estimate of drug-likeness (QED) is 0.270. The number of aromatic nitrogens is 6. The molecule has 0 unspecified atom stereocenters. The van der Waals surface area contributed by atoms with Crippen molar-refractivity contribution in [2.24, 2.45) is 0 Å². The number of para-hydroxylation sites is 4. The molecule has 2 N–H and O–H groups in total. The summed E-state index contributed by atoms with van der Waals surface area (Å²) in [7, 11) is 0. The number of benzene rings is 2. The second-order valence-electron chi connectivity index (χ2n) is 5.98. The van der Waals surface area contributed by atoms with Crippen molar-refractivity contribution in [1.82, 2.24) is 15.2 Å². The smallest absolute Gasteiger partial charge is 0.460 e. The van der Waals surface area contributed by atoms with E-state index >= 15 is 0 Å². The highest BCUT2D eigenvalue weighted by Gasteiger charge is 2.19. The second-order valence-corrected chi connectivity index (χ2v) is 5.98. The van der Waals surface area contributed by atoms with E-state index < -0.39 is 0 Å². The third-order valence-electron chi connectivity index (χ3n) is 4.10. The first kappa shape index (κ1) is 17.4. The van der Waals surface area contributed by atoms with Crippen LogP contribution in [0.5, 0.6) is 0 Å². The molecule has 0 radical (unpaired) electrons. The van der Waals surface area contributed by atoms with Gasteiger partial charge in [0.1, 0.15) is 5.52 Å². The molecule has 2 heterocycles. The minimum Gasteiger partial charge on any atom is -0.739 e. The summed E-state index contributed by atoms with van der Waals surface area (Å²) >= 11 is 0. The average molecular weight is 380 g/mol. The highest BCUT2D eigenvalue weighted by atomic mass is 16.5. The van der Waals surface area contributed by atoms with Gasteiger partial charge in [0.25, 0.3) is 17.0 Å². The Bertz CT molecular complexity index is 1150. The van der Waals surface area contributed by atoms with Crippen LogP contribution in [0.4, 0.5) is 11.9 Å². The van der Waals surface area contributed by atoms with E-state index in [4.69, 9.17) is 0 Å². The molecular weight excluding hydrogens is 364 g/mol. The van der Waals surface area contributed by atoms with Gasteiger partial charge in [0.15, 0.2) is 5.52 Å². The van der Waals surface area contributed by atoms with Crippen molar-refractivity contribution in [3.63, 3.8) is 0 Å². The van der Waals surface area contributed by atoms with Crippen LogP contribution in [0.25, 0.3) is 22.1 Å². The molecule has 4 rings (SSSR count). The molecule has 0 spiro atoms. The fourth-order valence-corrected chi connectivity index (χ4v) is 2.76. The monoisotopic (exact) mass is 380 g/mol. The van der Waals surface area contributed by atoms with Crippen LogP contribution in [0.3, 0.4) is 0 Å². The molecule has 11 nitrogen and oxygen atoms in total. The number of anilines is 2. The molecule has 0 saturated heterocycles. The van der Waals surface area contributed by atoms with Crippen LogP contribution in [0.1, 0.15) is 6.42 Å². The number of nitrogens with one attached hydrogen (secondary N) is 2. The van der Waals surface area contributed by atoms with Crippen LogP contribution in [-0.2, 0) is 0 Å². The molecular formula is C17H16N8O3. The van der Waals surface area contributed by atoms with Gasteiger partial charge in [-0.25, -0.2) is 9.71 Å². The van der Waals surface area contributed by atoms with Crippen molar-refractivity contribution in [3.8, 4) is 0 Å². The van der Waals surface area contributed by atoms with E-state index in [1.165, 1.54) is 6.07 Å². The Morgan fingerprint density at radius 2 is 1.39 bits per heavy atom. The maximum absolute atomic E-state index is 12.3. The molecule has 0 saturated carbocycles. The summed E-state index contributed by atoms with van der Waals surface area (Å²) in [5, 5.41) is 49.4. The van der Waals surface area contributed by atoms with Crippen LogP contribution in [0.2, 0.25) is 0 Å². The maximum atomic E-state index is 12.3. The molecule has 0 bridgehead atoms. The van der Waals surface area contributed by atoms with Gasteiger partial charge in [-0.3, -0.25) is 5.32 Å². The van der Waals surface area contributed by atoms with Gasteiger partial charge >= 0.3 is 5.95 Å². The number of nitrogens with zero attached hydrogens (tertiary/aromatic N) is 6. The van der Waals surface area contributed by atoms with E-state index in [0.717, 1.165) is 0 Å². The van der Waals surface area contributed by atoms with Crippen molar-refractivity contribution in [2.75, 3.05) is 23.7 Å². The van der Waals surface area contributed by atoms with Gasteiger partial charge in [-0.15, -0.1) is 0 Å². The van der Waals surface area contributed by atoms with Crippen molar-refractivity contribution in [3.05, 3.63) is 64.2 Å². The first-order chi connectivity index (χ1) is 13.6. The molecule has 4 aromatic rings. The largest absolute Gasteiger partial charge is 0.739 e. The van der Waals surface area contributed by atoms with Gasteiger partial charge in [-0.1, -0.05) is 24.3 Å². The number of fused-ring (bicyclic) bond motifs is 2. The predicted octanol–water partition coefficient (Wildman–Crippen LogP) is -0.00770. The molecule has 28 heavy (non-hydrogen) atoms. The lowest BCUT2D eigenvalue weighted by atomic mass is 10.3. The SMILES string of the molecule is [O-][n+]1nc(NCCCNc2n[n+]([O-])c3ccccc3[n+]2[O-])nc2ccccc21. The third-order valence-corrected chi connectivity index (χ3v) is 4.10. The zero-order valence-corrected chi connectivity index (χ0v) is 14.6. The molecule has 11 heteroatoms. The highest BCUT2D eigenvalue weighted by Crippen LogP contribution is 2.08. The Kier molecular flexibility index (Phi) is 4.54. The first-order valence-electron chi connectivity index (χ1n) is 8.60. The number of rotatable bonds is 6. The standard InChI is InChI=1S/C17H16N8O3/c26-23-14-8-3-4-9-15(14)25(28)22-17(23)19-11-5-10-18-16-20-12-6-1-2-7-13(12)24(27)21-16/h1-4,6-9H,5,10-11H2,(H,19,22)(H,18,20,21). The summed E-state index contributed by atoms with van der Waals surface area (Å²) in [4.78, 5) is 5.22. The summed E-state index contributed by atoms with van der Waals surface area (Å²) < 4.78 is 0.587. The van der Waals surface area contributed by atoms with E-state index in [2.05, 4.69) is 25.8 Å². The Labute approximate surface area is 158 Å². The van der Waals surface area contributed by atoms with Gasteiger partial charge in [-0.2, -0.15) is 0 Å². The average Bonchev–Trinajstić information content (AvgIpc) is 2.71. The molecule has 0 aliphatic carbocycles.